The second-order valence-electron chi connectivity index (χ2n) is 7.97. The van der Waals surface area contributed by atoms with Crippen molar-refractivity contribution in [3.63, 3.8) is 0 Å². The van der Waals surface area contributed by atoms with Crippen LogP contribution in [0.3, 0.4) is 0 Å². The van der Waals surface area contributed by atoms with Crippen molar-refractivity contribution in [1.82, 2.24) is 14.8 Å². The average Bonchev–Trinajstić information content (AvgIpc) is 2.68. The van der Waals surface area contributed by atoms with Crippen LogP contribution in [0.4, 0.5) is 5.69 Å². The highest BCUT2D eigenvalue weighted by molar-refractivity contribution is 5.77. The van der Waals surface area contributed by atoms with E-state index in [9.17, 15) is 10.1 Å². The minimum Gasteiger partial charge on any atom is -0.480 e. The summed E-state index contributed by atoms with van der Waals surface area (Å²) in [5.41, 5.74) is 1.48. The van der Waals surface area contributed by atoms with Gasteiger partial charge in [-0.05, 0) is 39.4 Å². The van der Waals surface area contributed by atoms with Crippen LogP contribution in [0.25, 0.3) is 0 Å². The van der Waals surface area contributed by atoms with E-state index in [1.807, 2.05) is 25.1 Å². The number of hydrogen-bond donors (Lipinski definition) is 0. The Labute approximate surface area is 161 Å². The van der Waals surface area contributed by atoms with E-state index in [0.717, 1.165) is 57.7 Å². The number of pyridine rings is 1. The van der Waals surface area contributed by atoms with Crippen LogP contribution in [0.5, 0.6) is 5.88 Å². The van der Waals surface area contributed by atoms with Crippen molar-refractivity contribution in [2.75, 3.05) is 58.8 Å². The number of methoxy groups -OCH3 is 1. The largest absolute Gasteiger partial charge is 0.480 e. The van der Waals surface area contributed by atoms with Crippen LogP contribution in [0.2, 0.25) is 0 Å². The van der Waals surface area contributed by atoms with E-state index in [1.54, 1.807) is 13.3 Å². The van der Waals surface area contributed by atoms with Crippen molar-refractivity contribution >= 4 is 11.6 Å². The molecule has 2 fully saturated rings. The monoisotopic (exact) mass is 371 g/mol. The standard InChI is InChI=1S/C20H29N5O2/c1-23(2)11-12-25-15-20(8-5-18(25)26)7-4-10-24(14-20)17-6-9-22-19(27-3)16(17)13-21/h6,9H,4-5,7-8,10-12,14-15H2,1-3H3/t20-/m0/s1. The third-order valence-electron chi connectivity index (χ3n) is 5.77. The number of hydrogen-bond acceptors (Lipinski definition) is 6. The van der Waals surface area contributed by atoms with Crippen LogP contribution in [0, 0.1) is 16.7 Å². The molecule has 3 heterocycles. The van der Waals surface area contributed by atoms with Gasteiger partial charge in [0.1, 0.15) is 11.6 Å². The summed E-state index contributed by atoms with van der Waals surface area (Å²) in [7, 11) is 5.61. The van der Waals surface area contributed by atoms with E-state index in [0.29, 0.717) is 17.9 Å². The van der Waals surface area contributed by atoms with Crippen molar-refractivity contribution in [2.24, 2.45) is 5.41 Å². The van der Waals surface area contributed by atoms with E-state index in [1.165, 1.54) is 0 Å². The highest BCUT2D eigenvalue weighted by Gasteiger charge is 2.42. The Kier molecular flexibility index (Phi) is 5.85. The number of anilines is 1. The molecule has 3 rings (SSSR count). The third kappa shape index (κ3) is 4.16. The fourth-order valence-electron chi connectivity index (χ4n) is 4.33. The Morgan fingerprint density at radius 1 is 1.37 bits per heavy atom. The molecule has 1 spiro atoms. The molecule has 0 aromatic carbocycles. The lowest BCUT2D eigenvalue weighted by Crippen LogP contribution is -2.55. The summed E-state index contributed by atoms with van der Waals surface area (Å²) in [5, 5.41) is 9.61. The first-order chi connectivity index (χ1) is 13.0. The SMILES string of the molecule is COc1nccc(N2CCC[C@]3(CCC(=O)N(CCN(C)C)C3)C2)c1C#N. The van der Waals surface area contributed by atoms with Gasteiger partial charge >= 0.3 is 0 Å². The molecule has 0 N–H and O–H groups in total. The van der Waals surface area contributed by atoms with Gasteiger partial charge in [-0.1, -0.05) is 0 Å². The highest BCUT2D eigenvalue weighted by atomic mass is 16.5. The molecule has 0 bridgehead atoms. The fourth-order valence-corrected chi connectivity index (χ4v) is 4.33. The smallest absolute Gasteiger partial charge is 0.233 e. The predicted molar refractivity (Wildman–Crippen MR) is 104 cm³/mol. The molecule has 146 valence electrons. The quantitative estimate of drug-likeness (QED) is 0.785. The Balaban J connectivity index is 1.80. The lowest BCUT2D eigenvalue weighted by atomic mass is 9.73. The van der Waals surface area contributed by atoms with Gasteiger partial charge in [0.25, 0.3) is 0 Å². The maximum atomic E-state index is 12.4. The first-order valence-corrected chi connectivity index (χ1v) is 9.58. The zero-order valence-corrected chi connectivity index (χ0v) is 16.6. The second-order valence-corrected chi connectivity index (χ2v) is 7.97. The molecule has 1 amide bonds. The number of piperidine rings is 2. The molecule has 2 aliphatic heterocycles. The molecule has 7 nitrogen and oxygen atoms in total. The summed E-state index contributed by atoms with van der Waals surface area (Å²) in [4.78, 5) is 23.0. The fraction of sp³-hybridized carbons (Fsp3) is 0.650. The summed E-state index contributed by atoms with van der Waals surface area (Å²) in [6.07, 6.45) is 5.42. The molecule has 0 aliphatic carbocycles. The Bertz CT molecular complexity index is 730. The summed E-state index contributed by atoms with van der Waals surface area (Å²) in [5.74, 6) is 0.643. The number of amides is 1. The van der Waals surface area contributed by atoms with Gasteiger partial charge in [-0.15, -0.1) is 0 Å². The minimum absolute atomic E-state index is 0.0989. The maximum absolute atomic E-state index is 12.4. The van der Waals surface area contributed by atoms with Crippen LogP contribution < -0.4 is 9.64 Å². The molecule has 1 aromatic heterocycles. The van der Waals surface area contributed by atoms with Crippen molar-refractivity contribution < 1.29 is 9.53 Å². The number of likely N-dealkylation sites (N-methyl/N-ethyl adjacent to an activating group) is 1. The first-order valence-electron chi connectivity index (χ1n) is 9.58. The predicted octanol–water partition coefficient (Wildman–Crippen LogP) is 1.73. The van der Waals surface area contributed by atoms with Gasteiger partial charge < -0.3 is 19.4 Å². The second kappa shape index (κ2) is 8.13. The van der Waals surface area contributed by atoms with Crippen molar-refractivity contribution in [1.29, 1.82) is 5.26 Å². The van der Waals surface area contributed by atoms with Gasteiger partial charge in [-0.25, -0.2) is 4.98 Å². The zero-order valence-electron chi connectivity index (χ0n) is 16.6. The van der Waals surface area contributed by atoms with Crippen LogP contribution in [-0.4, -0.2) is 74.6 Å². The Morgan fingerprint density at radius 3 is 2.89 bits per heavy atom. The van der Waals surface area contributed by atoms with E-state index in [2.05, 4.69) is 20.9 Å². The average molecular weight is 371 g/mol. The number of nitrogens with zero attached hydrogens (tertiary/aromatic N) is 5. The zero-order chi connectivity index (χ0) is 19.4. The van der Waals surface area contributed by atoms with E-state index < -0.39 is 0 Å². The summed E-state index contributed by atoms with van der Waals surface area (Å²) in [6.45, 7) is 4.24. The molecule has 2 aliphatic rings. The van der Waals surface area contributed by atoms with Gasteiger partial charge in [0, 0.05) is 50.8 Å². The van der Waals surface area contributed by atoms with E-state index in [4.69, 9.17) is 4.74 Å². The Hall–Kier alpha value is -2.33. The number of likely N-dealkylation sites (tertiary alicyclic amines) is 1. The lowest BCUT2D eigenvalue weighted by Gasteiger charge is -2.49. The van der Waals surface area contributed by atoms with Gasteiger partial charge in [0.2, 0.25) is 11.8 Å². The minimum atomic E-state index is 0.0989. The van der Waals surface area contributed by atoms with Crippen LogP contribution >= 0.6 is 0 Å². The number of ether oxygens (including phenoxy) is 1. The van der Waals surface area contributed by atoms with Crippen LogP contribution in [-0.2, 0) is 4.79 Å². The number of nitriles is 1. The van der Waals surface area contributed by atoms with Crippen molar-refractivity contribution in [2.45, 2.75) is 25.7 Å². The van der Waals surface area contributed by atoms with Crippen molar-refractivity contribution in [3.8, 4) is 11.9 Å². The first kappa shape index (κ1) is 19.4. The molecular weight excluding hydrogens is 342 g/mol. The number of carbonyl (C=O) groups excluding carboxylic acids is 1. The van der Waals surface area contributed by atoms with Gasteiger partial charge in [-0.2, -0.15) is 5.26 Å². The van der Waals surface area contributed by atoms with Crippen LogP contribution in [0.15, 0.2) is 12.3 Å². The number of aromatic nitrogens is 1. The number of carbonyl (C=O) groups is 1. The highest BCUT2D eigenvalue weighted by Crippen LogP contribution is 2.41. The molecule has 27 heavy (non-hydrogen) atoms. The molecular formula is C20H29N5O2. The number of rotatable bonds is 5. The van der Waals surface area contributed by atoms with Gasteiger partial charge in [0.05, 0.1) is 12.8 Å². The molecule has 7 heteroatoms. The maximum Gasteiger partial charge on any atom is 0.233 e. The van der Waals surface area contributed by atoms with E-state index in [-0.39, 0.29) is 11.3 Å². The Morgan fingerprint density at radius 2 is 2.19 bits per heavy atom. The third-order valence-corrected chi connectivity index (χ3v) is 5.77. The molecule has 1 atom stereocenters. The summed E-state index contributed by atoms with van der Waals surface area (Å²) >= 11 is 0. The lowest BCUT2D eigenvalue weighted by molar-refractivity contribution is -0.138. The normalized spacial score (nSPS) is 23.0. The molecule has 0 saturated carbocycles. The molecule has 0 radical (unpaired) electrons. The molecule has 1 aromatic rings. The van der Waals surface area contributed by atoms with Gasteiger partial charge in [0.15, 0.2) is 0 Å². The summed E-state index contributed by atoms with van der Waals surface area (Å²) < 4.78 is 5.27. The van der Waals surface area contributed by atoms with Crippen molar-refractivity contribution in [3.05, 3.63) is 17.8 Å². The summed E-state index contributed by atoms with van der Waals surface area (Å²) in [6, 6.07) is 4.15. The van der Waals surface area contributed by atoms with E-state index >= 15 is 0 Å². The molecule has 2 saturated heterocycles. The van der Waals surface area contributed by atoms with Crippen LogP contribution in [0.1, 0.15) is 31.2 Å². The molecule has 0 unspecified atom stereocenters. The van der Waals surface area contributed by atoms with Gasteiger partial charge in [-0.3, -0.25) is 4.79 Å². The topological polar surface area (TPSA) is 72.7 Å².